The van der Waals surface area contributed by atoms with Gasteiger partial charge in [-0.25, -0.2) is 0 Å². The van der Waals surface area contributed by atoms with Crippen molar-refractivity contribution < 1.29 is 4.74 Å². The molecule has 0 saturated carbocycles. The van der Waals surface area contributed by atoms with Gasteiger partial charge in [-0.3, -0.25) is 4.90 Å². The molecule has 0 aromatic carbocycles. The molecule has 3 nitrogen and oxygen atoms in total. The molecule has 2 fully saturated rings. The summed E-state index contributed by atoms with van der Waals surface area (Å²) in [5.41, 5.74) is 0.392. The zero-order chi connectivity index (χ0) is 14.1. The Labute approximate surface area is 119 Å². The fourth-order valence-electron chi connectivity index (χ4n) is 3.37. The van der Waals surface area contributed by atoms with Crippen LogP contribution < -0.4 is 5.32 Å². The second-order valence-electron chi connectivity index (χ2n) is 7.98. The van der Waals surface area contributed by atoms with Crippen LogP contribution in [0.3, 0.4) is 0 Å². The van der Waals surface area contributed by atoms with Gasteiger partial charge in [0.05, 0.1) is 5.60 Å². The monoisotopic (exact) mass is 268 g/mol. The Bertz CT molecular complexity index is 296. The first-order valence-corrected chi connectivity index (χ1v) is 7.89. The molecule has 0 amide bonds. The molecule has 0 aliphatic carbocycles. The van der Waals surface area contributed by atoms with Gasteiger partial charge < -0.3 is 10.1 Å². The molecule has 2 atom stereocenters. The van der Waals surface area contributed by atoms with Gasteiger partial charge in [-0.05, 0) is 51.6 Å². The van der Waals surface area contributed by atoms with Crippen LogP contribution in [0.5, 0.6) is 0 Å². The van der Waals surface area contributed by atoms with Gasteiger partial charge in [0.15, 0.2) is 0 Å². The van der Waals surface area contributed by atoms with Crippen molar-refractivity contribution in [1.29, 1.82) is 0 Å². The van der Waals surface area contributed by atoms with Crippen molar-refractivity contribution in [2.75, 3.05) is 26.2 Å². The first-order chi connectivity index (χ1) is 8.78. The fraction of sp³-hybridized carbons (Fsp3) is 1.00. The summed E-state index contributed by atoms with van der Waals surface area (Å²) in [6.45, 7) is 16.0. The predicted molar refractivity (Wildman–Crippen MR) is 80.5 cm³/mol. The molecular formula is C16H32N2O. The lowest BCUT2D eigenvalue weighted by Gasteiger charge is -2.43. The van der Waals surface area contributed by atoms with Gasteiger partial charge in [0.1, 0.15) is 0 Å². The smallest absolute Gasteiger partial charge is 0.0641 e. The minimum atomic E-state index is 0.0554. The van der Waals surface area contributed by atoms with E-state index in [1.165, 1.54) is 32.4 Å². The van der Waals surface area contributed by atoms with Gasteiger partial charge in [0, 0.05) is 25.2 Å². The van der Waals surface area contributed by atoms with E-state index in [0.29, 0.717) is 17.5 Å². The van der Waals surface area contributed by atoms with E-state index >= 15 is 0 Å². The molecule has 2 rings (SSSR count). The zero-order valence-corrected chi connectivity index (χ0v) is 13.5. The van der Waals surface area contributed by atoms with Crippen LogP contribution in [-0.2, 0) is 4.74 Å². The van der Waals surface area contributed by atoms with E-state index in [4.69, 9.17) is 4.74 Å². The lowest BCUT2D eigenvalue weighted by atomic mass is 9.85. The maximum absolute atomic E-state index is 5.87. The Hall–Kier alpha value is -0.120. The second kappa shape index (κ2) is 5.71. The summed E-state index contributed by atoms with van der Waals surface area (Å²) in [6, 6.07) is 1.30. The number of hydrogen-bond acceptors (Lipinski definition) is 3. The summed E-state index contributed by atoms with van der Waals surface area (Å²) < 4.78 is 5.87. The Morgan fingerprint density at radius 2 is 2.00 bits per heavy atom. The third kappa shape index (κ3) is 4.17. The van der Waals surface area contributed by atoms with Crippen molar-refractivity contribution >= 4 is 0 Å². The standard InChI is InChI=1S/C16H32N2O/c1-15(2,3)14-12-18(9-6-8-17-14)13-7-10-19-16(4,5)11-13/h13-14,17H,6-12H2,1-5H3. The van der Waals surface area contributed by atoms with Crippen LogP contribution in [0.2, 0.25) is 0 Å². The average molecular weight is 268 g/mol. The third-order valence-corrected chi connectivity index (χ3v) is 4.66. The highest BCUT2D eigenvalue weighted by Crippen LogP contribution is 2.30. The molecule has 2 aliphatic rings. The van der Waals surface area contributed by atoms with Gasteiger partial charge in [-0.1, -0.05) is 20.8 Å². The van der Waals surface area contributed by atoms with E-state index in [0.717, 1.165) is 13.2 Å². The normalized spacial score (nSPS) is 33.9. The van der Waals surface area contributed by atoms with Crippen LogP contribution in [0.1, 0.15) is 53.9 Å². The molecule has 1 N–H and O–H groups in total. The first kappa shape index (κ1) is 15.3. The fourth-order valence-corrected chi connectivity index (χ4v) is 3.37. The van der Waals surface area contributed by atoms with E-state index in [1.54, 1.807) is 0 Å². The van der Waals surface area contributed by atoms with Crippen molar-refractivity contribution in [3.63, 3.8) is 0 Å². The minimum Gasteiger partial charge on any atom is -0.375 e. The van der Waals surface area contributed by atoms with Crippen LogP contribution in [-0.4, -0.2) is 48.8 Å². The van der Waals surface area contributed by atoms with Gasteiger partial charge in [-0.2, -0.15) is 0 Å². The number of nitrogens with one attached hydrogen (secondary N) is 1. The summed E-state index contributed by atoms with van der Waals surface area (Å²) in [7, 11) is 0. The molecule has 0 aromatic heterocycles. The number of rotatable bonds is 1. The summed E-state index contributed by atoms with van der Waals surface area (Å²) >= 11 is 0. The number of ether oxygens (including phenoxy) is 1. The molecule has 0 spiro atoms. The second-order valence-corrected chi connectivity index (χ2v) is 7.98. The molecule has 2 unspecified atom stereocenters. The molecule has 19 heavy (non-hydrogen) atoms. The largest absolute Gasteiger partial charge is 0.375 e. The van der Waals surface area contributed by atoms with E-state index < -0.39 is 0 Å². The molecule has 0 aromatic rings. The van der Waals surface area contributed by atoms with Crippen molar-refractivity contribution in [2.45, 2.75) is 71.6 Å². The van der Waals surface area contributed by atoms with Crippen LogP contribution in [0, 0.1) is 5.41 Å². The van der Waals surface area contributed by atoms with E-state index in [1.807, 2.05) is 0 Å². The zero-order valence-electron chi connectivity index (χ0n) is 13.5. The van der Waals surface area contributed by atoms with Gasteiger partial charge >= 0.3 is 0 Å². The first-order valence-electron chi connectivity index (χ1n) is 7.89. The maximum Gasteiger partial charge on any atom is 0.0641 e. The Balaban J connectivity index is 2.02. The topological polar surface area (TPSA) is 24.5 Å². The SMILES string of the molecule is CC1(C)CC(N2CCCNC(C(C)(C)C)C2)CCO1. The maximum atomic E-state index is 5.87. The molecule has 2 saturated heterocycles. The van der Waals surface area contributed by atoms with Crippen LogP contribution >= 0.6 is 0 Å². The quantitative estimate of drug-likeness (QED) is 0.791. The number of hydrogen-bond donors (Lipinski definition) is 1. The lowest BCUT2D eigenvalue weighted by molar-refractivity contribution is -0.0842. The Morgan fingerprint density at radius 1 is 1.26 bits per heavy atom. The molecule has 2 heterocycles. The van der Waals surface area contributed by atoms with Gasteiger partial charge in [0.2, 0.25) is 0 Å². The highest BCUT2D eigenvalue weighted by molar-refractivity contribution is 4.91. The number of nitrogens with zero attached hydrogens (tertiary/aromatic N) is 1. The average Bonchev–Trinajstić information content (AvgIpc) is 2.52. The van der Waals surface area contributed by atoms with Crippen molar-refractivity contribution in [3.05, 3.63) is 0 Å². The van der Waals surface area contributed by atoms with E-state index in [2.05, 4.69) is 44.8 Å². The minimum absolute atomic E-state index is 0.0554. The molecule has 2 aliphatic heterocycles. The van der Waals surface area contributed by atoms with Crippen molar-refractivity contribution in [2.24, 2.45) is 5.41 Å². The van der Waals surface area contributed by atoms with Gasteiger partial charge in [-0.15, -0.1) is 0 Å². The molecule has 112 valence electrons. The summed E-state index contributed by atoms with van der Waals surface area (Å²) in [5.74, 6) is 0. The third-order valence-electron chi connectivity index (χ3n) is 4.66. The van der Waals surface area contributed by atoms with Crippen LogP contribution in [0.4, 0.5) is 0 Å². The van der Waals surface area contributed by atoms with E-state index in [-0.39, 0.29) is 5.60 Å². The highest BCUT2D eigenvalue weighted by atomic mass is 16.5. The van der Waals surface area contributed by atoms with Crippen LogP contribution in [0.25, 0.3) is 0 Å². The van der Waals surface area contributed by atoms with Gasteiger partial charge in [0.25, 0.3) is 0 Å². The summed E-state index contributed by atoms with van der Waals surface area (Å²) in [4.78, 5) is 2.72. The van der Waals surface area contributed by atoms with Crippen molar-refractivity contribution in [3.8, 4) is 0 Å². The lowest BCUT2D eigenvalue weighted by Crippen LogP contribution is -2.51. The van der Waals surface area contributed by atoms with Crippen LogP contribution in [0.15, 0.2) is 0 Å². The summed E-state index contributed by atoms with van der Waals surface area (Å²) in [6.07, 6.45) is 3.63. The van der Waals surface area contributed by atoms with Crippen molar-refractivity contribution in [1.82, 2.24) is 10.2 Å². The predicted octanol–water partition coefficient (Wildman–Crippen LogP) is 2.65. The molecule has 0 radical (unpaired) electrons. The summed E-state index contributed by atoms with van der Waals surface area (Å²) in [5, 5.41) is 3.74. The Kier molecular flexibility index (Phi) is 4.59. The highest BCUT2D eigenvalue weighted by Gasteiger charge is 2.35. The molecule has 0 bridgehead atoms. The molecule has 3 heteroatoms. The Morgan fingerprint density at radius 3 is 2.63 bits per heavy atom. The molecular weight excluding hydrogens is 236 g/mol. The van der Waals surface area contributed by atoms with E-state index in [9.17, 15) is 0 Å².